The molecule has 73 heavy (non-hydrogen) atoms. The first kappa shape index (κ1) is 69.2. The molecule has 0 aromatic heterocycles. The Hall–Kier alpha value is -1.86. The zero-order valence-corrected chi connectivity index (χ0v) is 48.9. The molecule has 0 aliphatic carbocycles. The van der Waals surface area contributed by atoms with Crippen LogP contribution in [0.25, 0.3) is 0 Å². The Morgan fingerprint density at radius 2 is 0.726 bits per heavy atom. The molecule has 0 heterocycles. The van der Waals surface area contributed by atoms with Crippen LogP contribution in [0.15, 0.2) is 36.4 Å². The van der Waals surface area contributed by atoms with E-state index in [9.17, 15) is 22.7 Å². The van der Waals surface area contributed by atoms with E-state index in [1.54, 1.807) is 6.07 Å². The van der Waals surface area contributed by atoms with E-state index in [1.165, 1.54) is 198 Å². The highest BCUT2D eigenvalue weighted by Crippen LogP contribution is 2.36. The Labute approximate surface area is 446 Å². The summed E-state index contributed by atoms with van der Waals surface area (Å²) in [6, 6.07) is 7.56. The number of halogens is 4. The third-order valence-electron chi connectivity index (χ3n) is 14.5. The fourth-order valence-electron chi connectivity index (χ4n) is 8.44. The Kier molecular flexibility index (Phi) is 43.8. The van der Waals surface area contributed by atoms with Crippen LogP contribution in [0.3, 0.4) is 0 Å². The Morgan fingerprint density at radius 1 is 0.425 bits per heavy atom. The average Bonchev–Trinajstić information content (AvgIpc) is 3.36. The summed E-state index contributed by atoms with van der Waals surface area (Å²) in [6.45, 7) is 18.3. The van der Waals surface area contributed by atoms with Crippen LogP contribution in [0, 0.1) is 23.3 Å². The number of hydrogen-bond donors (Lipinski definition) is 1. The van der Waals surface area contributed by atoms with Gasteiger partial charge in [-0.25, -0.2) is 17.6 Å². The van der Waals surface area contributed by atoms with Crippen molar-refractivity contribution in [3.63, 3.8) is 0 Å². The van der Waals surface area contributed by atoms with Gasteiger partial charge in [0.05, 0.1) is 39.6 Å². The number of hydrogen-bond acceptors (Lipinski definition) is 6. The van der Waals surface area contributed by atoms with Crippen LogP contribution in [0.1, 0.15) is 251 Å². The van der Waals surface area contributed by atoms with E-state index >= 15 is 0 Å². The lowest BCUT2D eigenvalue weighted by Crippen LogP contribution is -2.43. The van der Waals surface area contributed by atoms with Gasteiger partial charge in [0.15, 0.2) is 31.6 Å². The number of aliphatic hydroxyl groups is 1. The fourth-order valence-corrected chi connectivity index (χ4v) is 9.47. The van der Waals surface area contributed by atoms with Gasteiger partial charge in [-0.2, -0.15) is 0 Å². The summed E-state index contributed by atoms with van der Waals surface area (Å²) in [5.41, 5.74) is 1.14. The lowest BCUT2D eigenvalue weighted by molar-refractivity contribution is -0.0503. The summed E-state index contributed by atoms with van der Waals surface area (Å²) >= 11 is 0. The van der Waals surface area contributed by atoms with Gasteiger partial charge >= 0.3 is 0 Å². The standard InChI is InChI=1S/C34H62F2O3Si.C28H48F2O3/c1-7-8-9-10-11-12-13-14-15-16-17-18-19-20-21-22-25-37-28-31(29-39-40(5,6)34(2,3)4)38-27-30-23-24-32(35)33(36)26-30;1-2-3-4-5-6-7-8-9-10-11-12-13-14-15-16-17-20-32-24-26(22-31)33-23-25-18-19-27(29)28(30)21-25/h23-24,26,31H,7-22,25,27-29H2,1-6H3;18-19,21,26,31H,2-17,20,22-24H2,1H3/t31-;26-/m10/s1. The van der Waals surface area contributed by atoms with E-state index in [4.69, 9.17) is 23.4 Å². The molecule has 0 fully saturated rings. The smallest absolute Gasteiger partial charge is 0.192 e. The minimum absolute atomic E-state index is 0.103. The van der Waals surface area contributed by atoms with Gasteiger partial charge in [0.1, 0.15) is 12.2 Å². The van der Waals surface area contributed by atoms with E-state index in [-0.39, 0.29) is 31.0 Å². The van der Waals surface area contributed by atoms with E-state index in [2.05, 4.69) is 47.7 Å². The average molecular weight is 1060 g/mol. The fraction of sp³-hybridized carbons (Fsp3) is 0.806. The maximum absolute atomic E-state index is 13.6. The van der Waals surface area contributed by atoms with Crippen molar-refractivity contribution in [2.75, 3.05) is 39.6 Å². The van der Waals surface area contributed by atoms with Crippen molar-refractivity contribution in [1.29, 1.82) is 0 Å². The Balaban J connectivity index is 0.000000744. The first-order valence-corrected chi connectivity index (χ1v) is 32.7. The summed E-state index contributed by atoms with van der Waals surface area (Å²) in [7, 11) is -1.93. The zero-order valence-electron chi connectivity index (χ0n) is 47.9. The topological polar surface area (TPSA) is 66.4 Å². The Bertz CT molecular complexity index is 1540. The molecule has 2 rings (SSSR count). The molecule has 0 saturated heterocycles. The van der Waals surface area contributed by atoms with Crippen LogP contribution in [-0.2, 0) is 36.6 Å². The first-order chi connectivity index (χ1) is 35.2. The molecule has 0 bridgehead atoms. The predicted octanol–water partition coefficient (Wildman–Crippen LogP) is 19.3. The first-order valence-electron chi connectivity index (χ1n) is 29.7. The molecule has 2 aromatic rings. The van der Waals surface area contributed by atoms with Gasteiger partial charge in [-0.05, 0) is 66.4 Å². The van der Waals surface area contributed by atoms with Crippen LogP contribution < -0.4 is 0 Å². The highest BCUT2D eigenvalue weighted by atomic mass is 28.4. The quantitative estimate of drug-likeness (QED) is 0.0405. The van der Waals surface area contributed by atoms with Gasteiger partial charge < -0.3 is 28.5 Å². The highest BCUT2D eigenvalue weighted by molar-refractivity contribution is 6.74. The number of benzene rings is 2. The van der Waals surface area contributed by atoms with Crippen LogP contribution in [0.2, 0.25) is 18.1 Å². The second kappa shape index (κ2) is 46.3. The second-order valence-corrected chi connectivity index (χ2v) is 27.2. The van der Waals surface area contributed by atoms with Gasteiger partial charge in [0.2, 0.25) is 0 Å². The predicted molar refractivity (Wildman–Crippen MR) is 301 cm³/mol. The lowest BCUT2D eigenvalue weighted by Gasteiger charge is -2.37. The van der Waals surface area contributed by atoms with Crippen LogP contribution in [0.4, 0.5) is 17.6 Å². The maximum atomic E-state index is 13.6. The van der Waals surface area contributed by atoms with Crippen LogP contribution in [0.5, 0.6) is 0 Å². The molecule has 0 spiro atoms. The van der Waals surface area contributed by atoms with Gasteiger partial charge in [-0.3, -0.25) is 0 Å². The van der Waals surface area contributed by atoms with E-state index in [0.717, 1.165) is 37.5 Å². The minimum atomic E-state index is -1.93. The molecular weight excluding hydrogens is 945 g/mol. The number of unbranched alkanes of at least 4 members (excludes halogenated alkanes) is 30. The molecule has 2 aromatic carbocycles. The van der Waals surface area contributed by atoms with Crippen molar-refractivity contribution in [2.24, 2.45) is 0 Å². The van der Waals surface area contributed by atoms with Gasteiger partial charge in [0, 0.05) is 13.2 Å². The monoisotopic (exact) mass is 1050 g/mol. The number of aliphatic hydroxyl groups excluding tert-OH is 1. The largest absolute Gasteiger partial charge is 0.414 e. The molecule has 0 amide bonds. The van der Waals surface area contributed by atoms with Crippen LogP contribution in [-0.4, -0.2) is 65.3 Å². The molecule has 0 aliphatic heterocycles. The Morgan fingerprint density at radius 3 is 1.03 bits per heavy atom. The van der Waals surface area contributed by atoms with Gasteiger partial charge in [-0.1, -0.05) is 239 Å². The van der Waals surface area contributed by atoms with Crippen molar-refractivity contribution in [2.45, 2.75) is 284 Å². The summed E-state index contributed by atoms with van der Waals surface area (Å²) in [5.74, 6) is -3.46. The van der Waals surface area contributed by atoms with Crippen LogP contribution >= 0.6 is 0 Å². The van der Waals surface area contributed by atoms with E-state index < -0.39 is 37.7 Å². The van der Waals surface area contributed by atoms with Crippen molar-refractivity contribution >= 4 is 8.32 Å². The summed E-state index contributed by atoms with van der Waals surface area (Å²) in [5, 5.41) is 9.51. The molecule has 0 saturated carbocycles. The molecule has 1 N–H and O–H groups in total. The molecule has 0 radical (unpaired) electrons. The zero-order chi connectivity index (χ0) is 53.7. The van der Waals surface area contributed by atoms with Gasteiger partial charge in [0.25, 0.3) is 0 Å². The van der Waals surface area contributed by atoms with Gasteiger partial charge in [-0.15, -0.1) is 0 Å². The maximum Gasteiger partial charge on any atom is 0.192 e. The molecular formula is C62H110F4O6Si. The molecule has 11 heteroatoms. The SMILES string of the molecule is CCCCCCCCCCCCCCCCCCOC[C@H](CO)OCc1ccc(F)c(F)c1.CCCCCCCCCCCCCCCCCCOC[C@H](CO[Si](C)(C)C(C)(C)C)OCc1ccc(F)c(F)c1. The molecule has 2 atom stereocenters. The number of rotatable bonds is 48. The second-order valence-electron chi connectivity index (χ2n) is 22.4. The summed E-state index contributed by atoms with van der Waals surface area (Å²) < 4.78 is 82.6. The third-order valence-corrected chi connectivity index (χ3v) is 19.0. The normalized spacial score (nSPS) is 12.8. The van der Waals surface area contributed by atoms with E-state index in [1.807, 2.05) is 0 Å². The minimum Gasteiger partial charge on any atom is -0.414 e. The van der Waals surface area contributed by atoms with E-state index in [0.29, 0.717) is 44.2 Å². The lowest BCUT2D eigenvalue weighted by atomic mass is 10.0. The summed E-state index contributed by atoms with van der Waals surface area (Å²) in [4.78, 5) is 0. The highest BCUT2D eigenvalue weighted by Gasteiger charge is 2.37. The van der Waals surface area contributed by atoms with Crippen molar-refractivity contribution in [1.82, 2.24) is 0 Å². The molecule has 0 unspecified atom stereocenters. The summed E-state index contributed by atoms with van der Waals surface area (Å²) in [6.07, 6.45) is 42.4. The molecule has 6 nitrogen and oxygen atoms in total. The number of ether oxygens (including phenoxy) is 4. The third kappa shape index (κ3) is 39.2. The molecule has 426 valence electrons. The molecule has 0 aliphatic rings. The van der Waals surface area contributed by atoms with Crippen molar-refractivity contribution in [3.8, 4) is 0 Å². The van der Waals surface area contributed by atoms with Crippen molar-refractivity contribution < 1.29 is 46.0 Å². The van der Waals surface area contributed by atoms with Crippen molar-refractivity contribution in [3.05, 3.63) is 70.8 Å².